The number of unbranched alkanes of at least 4 members (excludes halogenated alkanes) is 1. The summed E-state index contributed by atoms with van der Waals surface area (Å²) < 4.78 is 0. The first-order valence-corrected chi connectivity index (χ1v) is 9.61. The smallest absolute Gasteiger partial charge is 0.326 e. The molecule has 12 N–H and O–H groups in total. The average Bonchev–Trinajstić information content (AvgIpc) is 2.68. The molecule has 0 aromatic rings. The van der Waals surface area contributed by atoms with Crippen LogP contribution in [0.4, 0.5) is 0 Å². The second kappa shape index (κ2) is 14.2. The molecule has 0 rings (SSSR count). The predicted molar refractivity (Wildman–Crippen MR) is 107 cm³/mol. The Morgan fingerprint density at radius 1 is 0.935 bits per heavy atom. The molecule has 0 aromatic carbocycles. The van der Waals surface area contributed by atoms with E-state index in [9.17, 15) is 34.2 Å². The van der Waals surface area contributed by atoms with Crippen LogP contribution in [-0.2, 0) is 24.0 Å². The van der Waals surface area contributed by atoms with Crippen molar-refractivity contribution >= 4 is 29.6 Å². The van der Waals surface area contributed by atoms with Gasteiger partial charge in [-0.1, -0.05) is 6.42 Å². The van der Waals surface area contributed by atoms with E-state index < -0.39 is 72.9 Å². The van der Waals surface area contributed by atoms with Crippen molar-refractivity contribution in [3.63, 3.8) is 0 Å². The fourth-order valence-corrected chi connectivity index (χ4v) is 2.43. The van der Waals surface area contributed by atoms with Gasteiger partial charge in [0.25, 0.3) is 0 Å². The van der Waals surface area contributed by atoms with Gasteiger partial charge >= 0.3 is 5.97 Å². The number of amides is 4. The second-order valence-corrected chi connectivity index (χ2v) is 6.93. The number of nitrogens with one attached hydrogen (secondary N) is 3. The van der Waals surface area contributed by atoms with E-state index in [1.807, 2.05) is 5.32 Å². The number of carbonyl (C=O) groups is 5. The molecule has 31 heavy (non-hydrogen) atoms. The van der Waals surface area contributed by atoms with E-state index in [1.165, 1.54) is 0 Å². The van der Waals surface area contributed by atoms with Crippen molar-refractivity contribution in [1.29, 1.82) is 0 Å². The first-order valence-electron chi connectivity index (χ1n) is 9.61. The van der Waals surface area contributed by atoms with E-state index in [4.69, 9.17) is 22.3 Å². The minimum atomic E-state index is -1.68. The SMILES string of the molecule is CC(O)C(NC(=O)C(CO)NC(=O)C(N)CCCCN)C(=O)NC(CC(N)=O)C(=O)O. The molecule has 4 amide bonds. The number of primary amides is 1. The van der Waals surface area contributed by atoms with Crippen LogP contribution >= 0.6 is 0 Å². The minimum absolute atomic E-state index is 0.304. The Bertz CT molecular complexity index is 644. The zero-order valence-electron chi connectivity index (χ0n) is 17.2. The number of nitrogens with two attached hydrogens (primary N) is 3. The molecule has 0 aliphatic heterocycles. The molecule has 5 unspecified atom stereocenters. The van der Waals surface area contributed by atoms with Crippen LogP contribution < -0.4 is 33.2 Å². The van der Waals surface area contributed by atoms with Crippen molar-refractivity contribution in [3.8, 4) is 0 Å². The molecule has 0 aliphatic rings. The van der Waals surface area contributed by atoms with Crippen LogP contribution in [-0.4, -0.2) is 88.3 Å². The Kier molecular flexibility index (Phi) is 12.9. The molecule has 14 heteroatoms. The van der Waals surface area contributed by atoms with Gasteiger partial charge in [0, 0.05) is 0 Å². The van der Waals surface area contributed by atoms with Crippen LogP contribution in [0.15, 0.2) is 0 Å². The molecule has 0 spiro atoms. The van der Waals surface area contributed by atoms with Crippen molar-refractivity contribution in [2.24, 2.45) is 17.2 Å². The monoisotopic (exact) mass is 448 g/mol. The first-order chi connectivity index (χ1) is 14.4. The molecule has 0 aliphatic carbocycles. The maximum atomic E-state index is 12.4. The van der Waals surface area contributed by atoms with Gasteiger partial charge in [-0.15, -0.1) is 0 Å². The molecule has 178 valence electrons. The average molecular weight is 448 g/mol. The van der Waals surface area contributed by atoms with Gasteiger partial charge < -0.3 is 48.5 Å². The fraction of sp³-hybridized carbons (Fsp3) is 0.706. The normalized spacial score (nSPS) is 15.6. The third kappa shape index (κ3) is 10.7. The number of hydrogen-bond acceptors (Lipinski definition) is 9. The molecule has 0 heterocycles. The summed E-state index contributed by atoms with van der Waals surface area (Å²) in [5.41, 5.74) is 16.0. The zero-order valence-corrected chi connectivity index (χ0v) is 17.2. The minimum Gasteiger partial charge on any atom is -0.480 e. The number of rotatable bonds is 15. The summed E-state index contributed by atoms with van der Waals surface area (Å²) in [4.78, 5) is 58.9. The van der Waals surface area contributed by atoms with Crippen molar-refractivity contribution < 1.29 is 39.3 Å². The number of carbonyl (C=O) groups excluding carboxylic acids is 4. The number of carboxylic acid groups (broad SMARTS) is 1. The van der Waals surface area contributed by atoms with Gasteiger partial charge in [-0.2, -0.15) is 0 Å². The molecule has 0 fully saturated rings. The van der Waals surface area contributed by atoms with E-state index in [-0.39, 0.29) is 0 Å². The summed E-state index contributed by atoms with van der Waals surface area (Å²) in [6.07, 6.45) is -0.651. The number of hydrogen-bond donors (Lipinski definition) is 9. The molecule has 0 aromatic heterocycles. The molecular weight excluding hydrogens is 416 g/mol. The zero-order chi connectivity index (χ0) is 24.1. The lowest BCUT2D eigenvalue weighted by Gasteiger charge is -2.25. The Hall–Kier alpha value is -2.81. The third-order valence-electron chi connectivity index (χ3n) is 4.20. The molecular formula is C17H32N6O8. The number of aliphatic carboxylic acids is 1. The second-order valence-electron chi connectivity index (χ2n) is 6.93. The highest BCUT2D eigenvalue weighted by Crippen LogP contribution is 2.01. The summed E-state index contributed by atoms with van der Waals surface area (Å²) in [5, 5.41) is 34.6. The quantitative estimate of drug-likeness (QED) is 0.108. The standard InChI is InChI=1S/C17H32N6O8/c1-8(25)13(16(29)21-10(17(30)31)6-12(20)26)23-15(28)11(7-24)22-14(27)9(19)4-2-3-5-18/h8-11,13,24-25H,2-7,18-19H2,1H3,(H2,20,26)(H,21,29)(H,22,27)(H,23,28)(H,30,31). The van der Waals surface area contributed by atoms with Crippen molar-refractivity contribution in [2.45, 2.75) is 62.9 Å². The molecule has 14 nitrogen and oxygen atoms in total. The van der Waals surface area contributed by atoms with Crippen molar-refractivity contribution in [2.75, 3.05) is 13.2 Å². The van der Waals surface area contributed by atoms with Crippen molar-refractivity contribution in [3.05, 3.63) is 0 Å². The topological polar surface area (TPSA) is 260 Å². The van der Waals surface area contributed by atoms with Gasteiger partial charge in [-0.3, -0.25) is 19.2 Å². The van der Waals surface area contributed by atoms with E-state index in [2.05, 4.69) is 10.6 Å². The van der Waals surface area contributed by atoms with E-state index >= 15 is 0 Å². The van der Waals surface area contributed by atoms with Crippen LogP contribution in [0.1, 0.15) is 32.6 Å². The van der Waals surface area contributed by atoms with Crippen LogP contribution in [0.25, 0.3) is 0 Å². The summed E-state index contributed by atoms with van der Waals surface area (Å²) in [7, 11) is 0. The predicted octanol–water partition coefficient (Wildman–Crippen LogP) is -4.77. The van der Waals surface area contributed by atoms with Gasteiger partial charge in [0.15, 0.2) is 0 Å². The lowest BCUT2D eigenvalue weighted by atomic mass is 10.1. The van der Waals surface area contributed by atoms with Crippen molar-refractivity contribution in [1.82, 2.24) is 16.0 Å². The van der Waals surface area contributed by atoms with Crippen LogP contribution in [0.5, 0.6) is 0 Å². The van der Waals surface area contributed by atoms with Gasteiger partial charge in [0.05, 0.1) is 25.2 Å². The summed E-state index contributed by atoms with van der Waals surface area (Å²) >= 11 is 0. The maximum absolute atomic E-state index is 12.4. The van der Waals surface area contributed by atoms with Gasteiger partial charge in [0.1, 0.15) is 18.1 Å². The summed E-state index contributed by atoms with van der Waals surface area (Å²) in [6, 6.07) is -5.76. The third-order valence-corrected chi connectivity index (χ3v) is 4.20. The fourth-order valence-electron chi connectivity index (χ4n) is 2.43. The molecule has 0 radical (unpaired) electrons. The van der Waals surface area contributed by atoms with Crippen LogP contribution in [0.2, 0.25) is 0 Å². The Morgan fingerprint density at radius 2 is 1.52 bits per heavy atom. The van der Waals surface area contributed by atoms with Gasteiger partial charge in [-0.25, -0.2) is 4.79 Å². The highest BCUT2D eigenvalue weighted by Gasteiger charge is 2.32. The van der Waals surface area contributed by atoms with E-state index in [1.54, 1.807) is 0 Å². The number of aliphatic hydroxyl groups excluding tert-OH is 2. The highest BCUT2D eigenvalue weighted by molar-refractivity contribution is 5.95. The van der Waals surface area contributed by atoms with E-state index in [0.717, 1.165) is 6.92 Å². The maximum Gasteiger partial charge on any atom is 0.326 e. The van der Waals surface area contributed by atoms with E-state index in [0.29, 0.717) is 25.8 Å². The Balaban J connectivity index is 5.10. The summed E-state index contributed by atoms with van der Waals surface area (Å²) in [5.74, 6) is -5.38. The molecule has 0 saturated carbocycles. The summed E-state index contributed by atoms with van der Waals surface area (Å²) in [6.45, 7) is 0.746. The Morgan fingerprint density at radius 3 is 1.97 bits per heavy atom. The molecule has 5 atom stereocenters. The lowest BCUT2D eigenvalue weighted by molar-refractivity contribution is -0.144. The van der Waals surface area contributed by atoms with Crippen LogP contribution in [0.3, 0.4) is 0 Å². The molecule has 0 bridgehead atoms. The lowest BCUT2D eigenvalue weighted by Crippen LogP contribution is -2.60. The number of aliphatic hydroxyl groups is 2. The number of carboxylic acids is 1. The van der Waals surface area contributed by atoms with Gasteiger partial charge in [-0.05, 0) is 26.3 Å². The van der Waals surface area contributed by atoms with Gasteiger partial charge in [0.2, 0.25) is 23.6 Å². The first kappa shape index (κ1) is 28.2. The highest BCUT2D eigenvalue weighted by atomic mass is 16.4. The van der Waals surface area contributed by atoms with Crippen LogP contribution in [0, 0.1) is 0 Å². The largest absolute Gasteiger partial charge is 0.480 e. The Labute approximate surface area is 178 Å². The molecule has 0 saturated heterocycles.